The fourth-order valence-corrected chi connectivity index (χ4v) is 8.64. The molecule has 0 saturated heterocycles. The molecule has 1 aliphatic rings. The van der Waals surface area contributed by atoms with Gasteiger partial charge >= 0.3 is 29.8 Å². The third-order valence-electron chi connectivity index (χ3n) is 13.1. The molecule has 77 heavy (non-hydrogen) atoms. The van der Waals surface area contributed by atoms with Gasteiger partial charge in [0, 0.05) is 31.7 Å². The summed E-state index contributed by atoms with van der Waals surface area (Å²) < 4.78 is 16.7. The van der Waals surface area contributed by atoms with Gasteiger partial charge in [0.05, 0.1) is 25.2 Å². The number of nitrogens with one attached hydrogen (secondary N) is 1. The first-order valence-corrected chi connectivity index (χ1v) is 29.8. The van der Waals surface area contributed by atoms with Crippen molar-refractivity contribution in [3.63, 3.8) is 0 Å². The number of ether oxygens (including phenoxy) is 3. The summed E-state index contributed by atoms with van der Waals surface area (Å²) in [6, 6.07) is 0. The molecule has 438 valence electrons. The number of carbonyl (C=O) groups excluding carboxylic acids is 3. The highest BCUT2D eigenvalue weighted by Gasteiger charge is 2.44. The molecule has 5 unspecified atom stereocenters. The number of hydrogen-bond acceptors (Lipinski definition) is 11. The Hall–Kier alpha value is -4.85. The summed E-state index contributed by atoms with van der Waals surface area (Å²) in [6.45, 7) is 6.60. The fourth-order valence-electron chi connectivity index (χ4n) is 8.64. The SMILES string of the molecule is CCCCC=CC=CC=CCCCCCCCC(=O)OCC(COC(=O)CCCCCCCC=CC1C=CC(CCCC)C(C(=O)O)C1C(=O)O)OC(=O)CCCCCCCC=CC=CC=CCCCC.OCCNCO. The van der Waals surface area contributed by atoms with Crippen molar-refractivity contribution in [3.05, 3.63) is 97.2 Å². The smallest absolute Gasteiger partial charge is 0.308 e. The molecule has 0 saturated carbocycles. The summed E-state index contributed by atoms with van der Waals surface area (Å²) in [4.78, 5) is 62.5. The molecular formula is C64H105NO12. The second kappa shape index (κ2) is 54.5. The Labute approximate surface area is 465 Å². The molecule has 5 N–H and O–H groups in total. The van der Waals surface area contributed by atoms with Crippen LogP contribution >= 0.6 is 0 Å². The van der Waals surface area contributed by atoms with Gasteiger partial charge < -0.3 is 34.6 Å². The van der Waals surface area contributed by atoms with Crippen LogP contribution in [-0.2, 0) is 38.2 Å². The van der Waals surface area contributed by atoms with Crippen LogP contribution in [0.1, 0.15) is 213 Å². The summed E-state index contributed by atoms with van der Waals surface area (Å²) in [5.41, 5.74) is 0. The van der Waals surface area contributed by atoms with E-state index in [1.54, 1.807) is 0 Å². The maximum atomic E-state index is 12.9. The molecule has 0 radical (unpaired) electrons. The minimum Gasteiger partial charge on any atom is -0.481 e. The van der Waals surface area contributed by atoms with Gasteiger partial charge in [-0.25, -0.2) is 0 Å². The summed E-state index contributed by atoms with van der Waals surface area (Å²) in [7, 11) is 0. The number of hydrogen-bond donors (Lipinski definition) is 5. The minimum absolute atomic E-state index is 0.0550. The van der Waals surface area contributed by atoms with E-state index in [0.717, 1.165) is 128 Å². The van der Waals surface area contributed by atoms with Gasteiger partial charge in [-0.15, -0.1) is 0 Å². The van der Waals surface area contributed by atoms with Crippen LogP contribution in [0.5, 0.6) is 0 Å². The van der Waals surface area contributed by atoms with Crippen molar-refractivity contribution in [2.75, 3.05) is 33.1 Å². The van der Waals surface area contributed by atoms with Crippen molar-refractivity contribution in [1.82, 2.24) is 5.32 Å². The van der Waals surface area contributed by atoms with Crippen molar-refractivity contribution in [3.8, 4) is 0 Å². The van der Waals surface area contributed by atoms with Gasteiger partial charge in [0.25, 0.3) is 0 Å². The van der Waals surface area contributed by atoms with E-state index in [2.05, 4.69) is 92.1 Å². The molecular weight excluding hydrogens is 975 g/mol. The number of allylic oxidation sites excluding steroid dienone is 16. The lowest BCUT2D eigenvalue weighted by molar-refractivity contribution is -0.167. The molecule has 0 amide bonds. The molecule has 0 aromatic heterocycles. The van der Waals surface area contributed by atoms with Gasteiger partial charge in [-0.05, 0) is 83.0 Å². The van der Waals surface area contributed by atoms with Gasteiger partial charge in [0.1, 0.15) is 13.2 Å². The Bertz CT molecular complexity index is 1720. The number of aliphatic hydroxyl groups excluding tert-OH is 2. The summed E-state index contributed by atoms with van der Waals surface area (Å²) in [6.07, 6.45) is 59.2. The van der Waals surface area contributed by atoms with E-state index < -0.39 is 47.7 Å². The number of carboxylic acid groups (broad SMARTS) is 2. The number of aliphatic carboxylic acids is 2. The van der Waals surface area contributed by atoms with Crippen molar-refractivity contribution in [2.24, 2.45) is 23.7 Å². The van der Waals surface area contributed by atoms with Gasteiger partial charge in [0.15, 0.2) is 6.10 Å². The predicted octanol–water partition coefficient (Wildman–Crippen LogP) is 14.4. The Morgan fingerprint density at radius 1 is 0.481 bits per heavy atom. The first-order valence-electron chi connectivity index (χ1n) is 29.8. The topological polar surface area (TPSA) is 206 Å². The molecule has 0 spiro atoms. The zero-order valence-electron chi connectivity index (χ0n) is 47.9. The Kier molecular flexibility index (Phi) is 51.1. The van der Waals surface area contributed by atoms with E-state index in [1.807, 2.05) is 31.2 Å². The van der Waals surface area contributed by atoms with Crippen LogP contribution in [-0.4, -0.2) is 89.5 Å². The maximum Gasteiger partial charge on any atom is 0.308 e. The highest BCUT2D eigenvalue weighted by molar-refractivity contribution is 5.81. The second-order valence-corrected chi connectivity index (χ2v) is 20.0. The van der Waals surface area contributed by atoms with E-state index in [1.165, 1.54) is 25.7 Å². The number of carbonyl (C=O) groups is 5. The minimum atomic E-state index is -1.07. The lowest BCUT2D eigenvalue weighted by atomic mass is 9.69. The average molecular weight is 1080 g/mol. The third kappa shape index (κ3) is 44.8. The lowest BCUT2D eigenvalue weighted by Crippen LogP contribution is -2.41. The highest BCUT2D eigenvalue weighted by Crippen LogP contribution is 2.38. The Balaban J connectivity index is 0.00000905. The summed E-state index contributed by atoms with van der Waals surface area (Å²) >= 11 is 0. The second-order valence-electron chi connectivity index (χ2n) is 20.0. The van der Waals surface area contributed by atoms with Gasteiger partial charge in [-0.3, -0.25) is 29.3 Å². The average Bonchev–Trinajstić information content (AvgIpc) is 3.42. The normalized spacial score (nSPS) is 17.1. The van der Waals surface area contributed by atoms with E-state index in [-0.39, 0.29) is 57.7 Å². The monoisotopic (exact) mass is 1080 g/mol. The third-order valence-corrected chi connectivity index (χ3v) is 13.1. The van der Waals surface area contributed by atoms with Crippen molar-refractivity contribution >= 4 is 29.8 Å². The molecule has 1 rings (SSSR count). The van der Waals surface area contributed by atoms with Gasteiger partial charge in [0.2, 0.25) is 0 Å². The van der Waals surface area contributed by atoms with Crippen LogP contribution in [0.25, 0.3) is 0 Å². The van der Waals surface area contributed by atoms with Gasteiger partial charge in [-0.1, -0.05) is 214 Å². The molecule has 13 heteroatoms. The van der Waals surface area contributed by atoms with E-state index in [0.29, 0.717) is 25.8 Å². The van der Waals surface area contributed by atoms with E-state index in [9.17, 15) is 34.2 Å². The maximum absolute atomic E-state index is 12.9. The largest absolute Gasteiger partial charge is 0.481 e. The fraction of sp³-hybridized carbons (Fsp3) is 0.672. The lowest BCUT2D eigenvalue weighted by Gasteiger charge is -2.33. The van der Waals surface area contributed by atoms with Crippen LogP contribution in [0.4, 0.5) is 0 Å². The molecule has 0 aromatic rings. The molecule has 5 atom stereocenters. The summed E-state index contributed by atoms with van der Waals surface area (Å²) in [5, 5.41) is 38.4. The molecule has 1 aliphatic carbocycles. The van der Waals surface area contributed by atoms with Crippen LogP contribution in [0.3, 0.4) is 0 Å². The van der Waals surface area contributed by atoms with Crippen molar-refractivity contribution in [1.29, 1.82) is 0 Å². The van der Waals surface area contributed by atoms with Crippen molar-refractivity contribution in [2.45, 2.75) is 219 Å². The van der Waals surface area contributed by atoms with Crippen LogP contribution in [0.2, 0.25) is 0 Å². The number of carboxylic acids is 2. The molecule has 0 aromatic carbocycles. The van der Waals surface area contributed by atoms with Crippen LogP contribution in [0.15, 0.2) is 97.2 Å². The molecule has 0 aliphatic heterocycles. The van der Waals surface area contributed by atoms with Crippen molar-refractivity contribution < 1.29 is 58.6 Å². The first-order chi connectivity index (χ1) is 37.6. The number of rotatable bonds is 48. The van der Waals surface area contributed by atoms with Crippen LogP contribution in [0, 0.1) is 23.7 Å². The van der Waals surface area contributed by atoms with E-state index >= 15 is 0 Å². The number of aliphatic hydroxyl groups is 2. The quantitative estimate of drug-likeness (QED) is 0.00961. The predicted molar refractivity (Wildman–Crippen MR) is 312 cm³/mol. The molecule has 0 heterocycles. The molecule has 13 nitrogen and oxygen atoms in total. The zero-order chi connectivity index (χ0) is 56.7. The molecule has 0 bridgehead atoms. The summed E-state index contributed by atoms with van der Waals surface area (Å²) in [5.74, 6) is -5.92. The van der Waals surface area contributed by atoms with Gasteiger partial charge in [-0.2, -0.15) is 0 Å². The van der Waals surface area contributed by atoms with E-state index in [4.69, 9.17) is 24.4 Å². The first kappa shape index (κ1) is 72.2. The Morgan fingerprint density at radius 3 is 1.29 bits per heavy atom. The zero-order valence-corrected chi connectivity index (χ0v) is 47.9. The number of unbranched alkanes of at least 4 members (excludes halogenated alkanes) is 20. The van der Waals surface area contributed by atoms with Crippen LogP contribution < -0.4 is 5.32 Å². The number of esters is 3. The standard InChI is InChI=1S/C61H96O10.C3H9NO2/c1-4-7-10-12-14-16-18-20-22-24-26-28-32-36-40-45-55(62)69-50-54(71-57(64)47-42-38-33-29-27-25-23-21-19-17-15-13-11-8-5-2)51-70-56(63)46-41-37-34-30-31-35-39-44-53-49-48-52(43-9-6-3)58(60(65)66)59(53)61(67)68;5-2-1-4-3-6/h12-23,39,44,48-49,52-54,58-59H,4-11,24-38,40-43,45-47,50-51H2,1-3H3,(H,65,66)(H,67,68);4-6H,1-3H2. The Morgan fingerprint density at radius 2 is 0.883 bits per heavy atom. The highest BCUT2D eigenvalue weighted by atomic mass is 16.6. The molecule has 0 fully saturated rings.